The van der Waals surface area contributed by atoms with Crippen molar-refractivity contribution in [3.05, 3.63) is 23.8 Å². The number of benzene rings is 1. The van der Waals surface area contributed by atoms with Crippen LogP contribution in [0.5, 0.6) is 0 Å². The van der Waals surface area contributed by atoms with Gasteiger partial charge < -0.3 is 21.3 Å². The van der Waals surface area contributed by atoms with Gasteiger partial charge in [0.15, 0.2) is 0 Å². The minimum Gasteiger partial charge on any atom is -0.399 e. The van der Waals surface area contributed by atoms with Gasteiger partial charge in [-0.05, 0) is 42.4 Å². The van der Waals surface area contributed by atoms with E-state index >= 15 is 0 Å². The summed E-state index contributed by atoms with van der Waals surface area (Å²) in [6.07, 6.45) is 0.699. The molecule has 1 rings (SSSR count). The summed E-state index contributed by atoms with van der Waals surface area (Å²) in [6.45, 7) is 0.415. The zero-order valence-electron chi connectivity index (χ0n) is 9.76. The van der Waals surface area contributed by atoms with E-state index in [2.05, 4.69) is 17.9 Å². The maximum atomic E-state index is 9.23. The zero-order chi connectivity index (χ0) is 12.7. The fourth-order valence-electron chi connectivity index (χ4n) is 1.58. The van der Waals surface area contributed by atoms with E-state index in [0.29, 0.717) is 13.0 Å². The molecule has 5 heteroatoms. The number of aryl methyl sites for hydroxylation is 1. The summed E-state index contributed by atoms with van der Waals surface area (Å²) in [4.78, 5) is 0. The lowest BCUT2D eigenvalue weighted by atomic mass is 10.1. The van der Waals surface area contributed by atoms with E-state index < -0.39 is 6.10 Å². The Labute approximate surface area is 107 Å². The molecule has 0 aromatic heterocycles. The van der Waals surface area contributed by atoms with Gasteiger partial charge in [0.2, 0.25) is 0 Å². The predicted octanol–water partition coefficient (Wildman–Crippen LogP) is 0.896. The number of nitrogen functional groups attached to an aromatic ring is 1. The number of thiol groups is 1. The first-order chi connectivity index (χ1) is 8.17. The Bertz CT molecular complexity index is 347. The van der Waals surface area contributed by atoms with Gasteiger partial charge in [0.25, 0.3) is 0 Å². The minimum atomic E-state index is -0.662. The Morgan fingerprint density at radius 3 is 2.82 bits per heavy atom. The van der Waals surface area contributed by atoms with Crippen molar-refractivity contribution in [2.45, 2.75) is 18.9 Å². The molecule has 0 radical (unpaired) electrons. The lowest BCUT2D eigenvalue weighted by Gasteiger charge is -2.13. The highest BCUT2D eigenvalue weighted by molar-refractivity contribution is 7.80. The topological polar surface area (TPSA) is 78.5 Å². The van der Waals surface area contributed by atoms with E-state index in [0.717, 1.165) is 29.1 Å². The monoisotopic (exact) mass is 256 g/mol. The van der Waals surface area contributed by atoms with Crippen LogP contribution in [0.15, 0.2) is 18.2 Å². The Kier molecular flexibility index (Phi) is 6.18. The van der Waals surface area contributed by atoms with Gasteiger partial charge in [0.05, 0.1) is 12.7 Å². The van der Waals surface area contributed by atoms with E-state index in [1.54, 1.807) is 0 Å². The highest BCUT2D eigenvalue weighted by Crippen LogP contribution is 2.20. The molecule has 96 valence electrons. The molecule has 0 aliphatic carbocycles. The average Bonchev–Trinajstić information content (AvgIpc) is 2.32. The third kappa shape index (κ3) is 4.85. The van der Waals surface area contributed by atoms with Crippen molar-refractivity contribution in [3.8, 4) is 0 Å². The second-order valence-electron chi connectivity index (χ2n) is 3.94. The SMILES string of the molecule is Nc1ccc(NCCC(O)CO)c(CCS)c1. The largest absolute Gasteiger partial charge is 0.399 e. The van der Waals surface area contributed by atoms with Crippen LogP contribution in [-0.4, -0.2) is 35.2 Å². The molecule has 4 nitrogen and oxygen atoms in total. The van der Waals surface area contributed by atoms with Gasteiger partial charge in [-0.3, -0.25) is 0 Å². The molecule has 1 atom stereocenters. The van der Waals surface area contributed by atoms with Crippen molar-refractivity contribution in [2.24, 2.45) is 0 Å². The molecule has 1 unspecified atom stereocenters. The van der Waals surface area contributed by atoms with Crippen LogP contribution in [0, 0.1) is 0 Å². The van der Waals surface area contributed by atoms with Crippen molar-refractivity contribution in [1.82, 2.24) is 0 Å². The van der Waals surface area contributed by atoms with Gasteiger partial charge in [-0.2, -0.15) is 12.6 Å². The third-order valence-electron chi connectivity index (χ3n) is 2.51. The minimum absolute atomic E-state index is 0.201. The van der Waals surface area contributed by atoms with E-state index in [9.17, 15) is 5.11 Å². The average molecular weight is 256 g/mol. The summed E-state index contributed by atoms with van der Waals surface area (Å²) in [5, 5.41) is 21.2. The van der Waals surface area contributed by atoms with Crippen molar-refractivity contribution in [2.75, 3.05) is 30.0 Å². The number of hydrogen-bond donors (Lipinski definition) is 5. The van der Waals surface area contributed by atoms with Gasteiger partial charge in [-0.1, -0.05) is 0 Å². The van der Waals surface area contributed by atoms with Crippen LogP contribution in [0.1, 0.15) is 12.0 Å². The van der Waals surface area contributed by atoms with Crippen molar-refractivity contribution in [1.29, 1.82) is 0 Å². The van der Waals surface area contributed by atoms with Crippen molar-refractivity contribution < 1.29 is 10.2 Å². The standard InChI is InChI=1S/C12H20N2O2S/c13-10-1-2-12(9(7-10)4-6-17)14-5-3-11(16)8-15/h1-2,7,11,14-17H,3-6,8,13H2. The molecule has 0 aliphatic heterocycles. The molecule has 0 saturated heterocycles. The van der Waals surface area contributed by atoms with Crippen LogP contribution in [-0.2, 0) is 6.42 Å². The van der Waals surface area contributed by atoms with E-state index in [-0.39, 0.29) is 6.61 Å². The van der Waals surface area contributed by atoms with Gasteiger partial charge in [-0.15, -0.1) is 0 Å². The fourth-order valence-corrected chi connectivity index (χ4v) is 1.82. The maximum Gasteiger partial charge on any atom is 0.0787 e. The zero-order valence-corrected chi connectivity index (χ0v) is 10.7. The molecule has 17 heavy (non-hydrogen) atoms. The molecule has 5 N–H and O–H groups in total. The van der Waals surface area contributed by atoms with Crippen LogP contribution in [0.2, 0.25) is 0 Å². The molecule has 0 spiro atoms. The number of nitrogens with one attached hydrogen (secondary N) is 1. The first kappa shape index (κ1) is 14.2. The summed E-state index contributed by atoms with van der Waals surface area (Å²) in [7, 11) is 0. The Morgan fingerprint density at radius 1 is 1.41 bits per heavy atom. The lowest BCUT2D eigenvalue weighted by Crippen LogP contribution is -2.17. The summed E-state index contributed by atoms with van der Waals surface area (Å²) in [6, 6.07) is 5.70. The highest BCUT2D eigenvalue weighted by Gasteiger charge is 2.04. The molecule has 0 aliphatic rings. The van der Waals surface area contributed by atoms with Crippen LogP contribution < -0.4 is 11.1 Å². The Morgan fingerprint density at radius 2 is 2.18 bits per heavy atom. The van der Waals surface area contributed by atoms with Crippen LogP contribution >= 0.6 is 12.6 Å². The molecular formula is C12H20N2O2S. The lowest BCUT2D eigenvalue weighted by molar-refractivity contribution is 0.0911. The van der Waals surface area contributed by atoms with Crippen LogP contribution in [0.4, 0.5) is 11.4 Å². The van der Waals surface area contributed by atoms with Gasteiger partial charge >= 0.3 is 0 Å². The normalized spacial score (nSPS) is 12.4. The number of aliphatic hydroxyl groups is 2. The van der Waals surface area contributed by atoms with E-state index in [1.807, 2.05) is 18.2 Å². The molecule has 1 aromatic carbocycles. The summed E-state index contributed by atoms with van der Waals surface area (Å²) < 4.78 is 0. The molecule has 0 amide bonds. The molecule has 1 aromatic rings. The molecular weight excluding hydrogens is 236 g/mol. The van der Waals surface area contributed by atoms with Crippen molar-refractivity contribution in [3.63, 3.8) is 0 Å². The molecule has 0 heterocycles. The van der Waals surface area contributed by atoms with Crippen LogP contribution in [0.25, 0.3) is 0 Å². The molecule has 0 saturated carbocycles. The van der Waals surface area contributed by atoms with E-state index in [1.165, 1.54) is 0 Å². The predicted molar refractivity (Wildman–Crippen MR) is 74.6 cm³/mol. The number of anilines is 2. The number of aliphatic hydroxyl groups excluding tert-OH is 2. The number of hydrogen-bond acceptors (Lipinski definition) is 5. The Balaban J connectivity index is 2.57. The van der Waals surface area contributed by atoms with E-state index in [4.69, 9.17) is 10.8 Å². The Hall–Kier alpha value is -0.910. The smallest absolute Gasteiger partial charge is 0.0787 e. The second kappa shape index (κ2) is 7.42. The highest BCUT2D eigenvalue weighted by atomic mass is 32.1. The first-order valence-corrected chi connectivity index (χ1v) is 6.32. The fraction of sp³-hybridized carbons (Fsp3) is 0.500. The number of rotatable bonds is 7. The number of nitrogens with two attached hydrogens (primary N) is 1. The second-order valence-corrected chi connectivity index (χ2v) is 4.39. The summed E-state index contributed by atoms with van der Waals surface area (Å²) in [5.74, 6) is 0.761. The molecule has 0 bridgehead atoms. The third-order valence-corrected chi connectivity index (χ3v) is 2.74. The molecule has 0 fully saturated rings. The van der Waals surface area contributed by atoms with Gasteiger partial charge in [-0.25, -0.2) is 0 Å². The maximum absolute atomic E-state index is 9.23. The van der Waals surface area contributed by atoms with Crippen molar-refractivity contribution >= 4 is 24.0 Å². The van der Waals surface area contributed by atoms with Crippen LogP contribution in [0.3, 0.4) is 0 Å². The summed E-state index contributed by atoms with van der Waals surface area (Å²) >= 11 is 4.21. The first-order valence-electron chi connectivity index (χ1n) is 5.69. The quantitative estimate of drug-likeness (QED) is 0.371. The van der Waals surface area contributed by atoms with Gasteiger partial charge in [0.1, 0.15) is 0 Å². The van der Waals surface area contributed by atoms with Gasteiger partial charge in [0, 0.05) is 17.9 Å². The summed E-state index contributed by atoms with van der Waals surface area (Å²) in [5.41, 5.74) is 8.61.